The number of aryl methyl sites for hydroxylation is 1. The predicted molar refractivity (Wildman–Crippen MR) is 146 cm³/mol. The number of thioether (sulfide) groups is 1. The van der Waals surface area contributed by atoms with E-state index < -0.39 is 5.97 Å². The second kappa shape index (κ2) is 12.4. The smallest absolute Gasteiger partial charge is 0.303 e. The number of methoxy groups -OCH3 is 1. The Balaban J connectivity index is 1.32. The lowest BCUT2D eigenvalue weighted by Crippen LogP contribution is -2.41. The Morgan fingerprint density at radius 2 is 2.11 bits per heavy atom. The molecule has 0 unspecified atom stereocenters. The topological polar surface area (TPSA) is 62.7 Å². The Labute approximate surface area is 220 Å². The average Bonchev–Trinajstić information content (AvgIpc) is 3.37. The van der Waals surface area contributed by atoms with Gasteiger partial charge in [0.15, 0.2) is 0 Å². The van der Waals surface area contributed by atoms with E-state index in [1.165, 1.54) is 4.21 Å². The zero-order valence-corrected chi connectivity index (χ0v) is 22.6. The summed E-state index contributed by atoms with van der Waals surface area (Å²) in [7, 11) is 1.66. The molecular formula is C27H33ClN2O3S2. The molecule has 4 rings (SSSR count). The van der Waals surface area contributed by atoms with Gasteiger partial charge in [0.25, 0.3) is 0 Å². The van der Waals surface area contributed by atoms with E-state index in [9.17, 15) is 9.90 Å². The van der Waals surface area contributed by atoms with E-state index in [4.69, 9.17) is 16.3 Å². The van der Waals surface area contributed by atoms with Gasteiger partial charge in [-0.1, -0.05) is 17.7 Å². The van der Waals surface area contributed by atoms with E-state index in [1.807, 2.05) is 30.0 Å². The molecule has 0 aliphatic carbocycles. The maximum Gasteiger partial charge on any atom is 0.303 e. The molecule has 5 nitrogen and oxygen atoms in total. The standard InChI is InChI=1S/C27H33ClN2O3S2/c1-33-20-7-8-24-22(17-20)21(23(28)19-29-24)5-2-9-27(18-25(31)32)10-13-30(14-11-27)12-4-16-35-26-6-3-15-34-26/h3,6-8,15,17,19H,2,4-5,9-14,16,18H2,1H3,(H,31,32). The summed E-state index contributed by atoms with van der Waals surface area (Å²) in [5, 5.41) is 13.5. The van der Waals surface area contributed by atoms with Crippen LogP contribution in [0.15, 0.2) is 46.1 Å². The fourth-order valence-corrected chi connectivity index (χ4v) is 7.15. The number of halogens is 1. The molecule has 0 atom stereocenters. The summed E-state index contributed by atoms with van der Waals surface area (Å²) in [5.41, 5.74) is 1.83. The molecule has 0 radical (unpaired) electrons. The van der Waals surface area contributed by atoms with Crippen molar-refractivity contribution in [2.75, 3.05) is 32.5 Å². The number of ether oxygens (including phenoxy) is 1. The van der Waals surface area contributed by atoms with Gasteiger partial charge in [0.05, 0.1) is 28.3 Å². The molecule has 0 saturated carbocycles. The minimum absolute atomic E-state index is 0.138. The zero-order chi connectivity index (χ0) is 24.7. The van der Waals surface area contributed by atoms with E-state index in [2.05, 4.69) is 27.4 Å². The molecule has 35 heavy (non-hydrogen) atoms. The number of pyridine rings is 1. The summed E-state index contributed by atoms with van der Waals surface area (Å²) in [5.74, 6) is 1.22. The molecule has 0 amide bonds. The molecule has 188 valence electrons. The van der Waals surface area contributed by atoms with Crippen molar-refractivity contribution in [3.05, 3.63) is 52.5 Å². The highest BCUT2D eigenvalue weighted by Gasteiger charge is 2.36. The van der Waals surface area contributed by atoms with Crippen LogP contribution in [-0.4, -0.2) is 53.5 Å². The van der Waals surface area contributed by atoms with Crippen molar-refractivity contribution in [3.8, 4) is 5.75 Å². The third kappa shape index (κ3) is 7.13. The Hall–Kier alpha value is -1.80. The Morgan fingerprint density at radius 3 is 2.83 bits per heavy atom. The van der Waals surface area contributed by atoms with Crippen LogP contribution in [0.3, 0.4) is 0 Å². The predicted octanol–water partition coefficient (Wildman–Crippen LogP) is 7.02. The summed E-state index contributed by atoms with van der Waals surface area (Å²) in [4.78, 5) is 18.7. The molecule has 1 aromatic carbocycles. The number of benzene rings is 1. The molecule has 3 aromatic rings. The first kappa shape index (κ1) is 26.3. The highest BCUT2D eigenvalue weighted by atomic mass is 35.5. The number of nitrogens with zero attached hydrogens (tertiary/aromatic N) is 2. The van der Waals surface area contributed by atoms with Crippen molar-refractivity contribution >= 4 is 51.6 Å². The van der Waals surface area contributed by atoms with Crippen LogP contribution < -0.4 is 4.74 Å². The fraction of sp³-hybridized carbons (Fsp3) is 0.481. The number of fused-ring (bicyclic) bond motifs is 1. The highest BCUT2D eigenvalue weighted by molar-refractivity contribution is 8.01. The second-order valence-electron chi connectivity index (χ2n) is 9.37. The largest absolute Gasteiger partial charge is 0.497 e. The molecule has 8 heteroatoms. The highest BCUT2D eigenvalue weighted by Crippen LogP contribution is 2.41. The number of likely N-dealkylation sites (tertiary alicyclic amines) is 1. The molecule has 0 spiro atoms. The summed E-state index contributed by atoms with van der Waals surface area (Å²) >= 11 is 10.3. The quantitative estimate of drug-likeness (QED) is 0.200. The number of carboxylic acid groups (broad SMARTS) is 1. The van der Waals surface area contributed by atoms with Crippen molar-refractivity contribution in [3.63, 3.8) is 0 Å². The first-order valence-corrected chi connectivity index (χ1v) is 14.4. The molecular weight excluding hydrogens is 500 g/mol. The van der Waals surface area contributed by atoms with Gasteiger partial charge in [-0.25, -0.2) is 0 Å². The third-order valence-electron chi connectivity index (χ3n) is 7.07. The minimum Gasteiger partial charge on any atom is -0.497 e. The number of hydrogen-bond acceptors (Lipinski definition) is 6. The zero-order valence-electron chi connectivity index (χ0n) is 20.2. The van der Waals surface area contributed by atoms with Crippen molar-refractivity contribution < 1.29 is 14.6 Å². The van der Waals surface area contributed by atoms with Crippen molar-refractivity contribution in [2.45, 2.75) is 49.2 Å². The molecule has 2 aromatic heterocycles. The van der Waals surface area contributed by atoms with Crippen LogP contribution in [0, 0.1) is 5.41 Å². The maximum atomic E-state index is 11.8. The summed E-state index contributed by atoms with van der Waals surface area (Å²) in [6, 6.07) is 10.1. The van der Waals surface area contributed by atoms with Gasteiger partial charge in [-0.05, 0) is 98.8 Å². The van der Waals surface area contributed by atoms with Crippen LogP contribution in [0.25, 0.3) is 10.9 Å². The first-order chi connectivity index (χ1) is 17.0. The van der Waals surface area contributed by atoms with E-state index in [0.717, 1.165) is 86.1 Å². The Kier molecular flexibility index (Phi) is 9.34. The number of aliphatic carboxylic acids is 1. The van der Waals surface area contributed by atoms with Gasteiger partial charge in [-0.2, -0.15) is 0 Å². The third-order valence-corrected chi connectivity index (χ3v) is 9.61. The second-order valence-corrected chi connectivity index (χ2v) is 12.1. The molecule has 1 N–H and O–H groups in total. The van der Waals surface area contributed by atoms with Gasteiger partial charge in [0.2, 0.25) is 0 Å². The van der Waals surface area contributed by atoms with E-state index in [0.29, 0.717) is 5.02 Å². The number of thiophene rings is 1. The van der Waals surface area contributed by atoms with Crippen LogP contribution in [-0.2, 0) is 11.2 Å². The monoisotopic (exact) mass is 532 g/mol. The molecule has 1 aliphatic heterocycles. The molecule has 1 saturated heterocycles. The fourth-order valence-electron chi connectivity index (χ4n) is 5.12. The van der Waals surface area contributed by atoms with E-state index >= 15 is 0 Å². The molecule has 0 bridgehead atoms. The number of piperidine rings is 1. The van der Waals surface area contributed by atoms with Gasteiger partial charge in [0.1, 0.15) is 5.75 Å². The van der Waals surface area contributed by atoms with Crippen molar-refractivity contribution in [1.29, 1.82) is 0 Å². The average molecular weight is 533 g/mol. The summed E-state index contributed by atoms with van der Waals surface area (Å²) in [6.07, 6.45) is 7.60. The Morgan fingerprint density at radius 1 is 1.29 bits per heavy atom. The number of hydrogen-bond donors (Lipinski definition) is 1. The molecule has 1 fully saturated rings. The van der Waals surface area contributed by atoms with E-state index in [1.54, 1.807) is 24.6 Å². The van der Waals surface area contributed by atoms with Crippen LogP contribution in [0.2, 0.25) is 5.02 Å². The van der Waals surface area contributed by atoms with Crippen LogP contribution in [0.5, 0.6) is 5.75 Å². The Bertz CT molecular complexity index is 1120. The van der Waals surface area contributed by atoms with Crippen LogP contribution in [0.4, 0.5) is 0 Å². The van der Waals surface area contributed by atoms with Gasteiger partial charge >= 0.3 is 5.97 Å². The normalized spacial score (nSPS) is 15.9. The maximum absolute atomic E-state index is 11.8. The number of aromatic nitrogens is 1. The summed E-state index contributed by atoms with van der Waals surface area (Å²) in [6.45, 7) is 3.04. The number of carbonyl (C=O) groups is 1. The lowest BCUT2D eigenvalue weighted by Gasteiger charge is -2.41. The number of carboxylic acids is 1. The van der Waals surface area contributed by atoms with E-state index in [-0.39, 0.29) is 11.8 Å². The lowest BCUT2D eigenvalue weighted by atomic mass is 9.72. The van der Waals surface area contributed by atoms with Gasteiger partial charge in [-0.3, -0.25) is 9.78 Å². The first-order valence-electron chi connectivity index (χ1n) is 12.2. The van der Waals surface area contributed by atoms with Crippen molar-refractivity contribution in [1.82, 2.24) is 9.88 Å². The molecule has 1 aliphatic rings. The van der Waals surface area contributed by atoms with Crippen molar-refractivity contribution in [2.24, 2.45) is 5.41 Å². The lowest BCUT2D eigenvalue weighted by molar-refractivity contribution is -0.140. The summed E-state index contributed by atoms with van der Waals surface area (Å²) < 4.78 is 6.78. The van der Waals surface area contributed by atoms with Crippen LogP contribution in [0.1, 0.15) is 44.1 Å². The van der Waals surface area contributed by atoms with Gasteiger partial charge in [-0.15, -0.1) is 23.1 Å². The minimum atomic E-state index is -0.692. The number of rotatable bonds is 12. The SMILES string of the molecule is COc1ccc2ncc(Cl)c(CCCC3(CC(=O)O)CCN(CCCSc4cccs4)CC3)c2c1. The molecule has 3 heterocycles. The van der Waals surface area contributed by atoms with Crippen LogP contribution >= 0.6 is 34.7 Å². The van der Waals surface area contributed by atoms with Gasteiger partial charge < -0.3 is 14.7 Å². The van der Waals surface area contributed by atoms with Gasteiger partial charge in [0, 0.05) is 17.3 Å².